The van der Waals surface area contributed by atoms with Crippen molar-refractivity contribution in [3.05, 3.63) is 184 Å². The number of hydrogen-bond acceptors (Lipinski definition) is 5. The lowest BCUT2D eigenvalue weighted by Gasteiger charge is -2.10. The topological polar surface area (TPSA) is 80.5 Å². The number of para-hydroxylation sites is 2. The van der Waals surface area contributed by atoms with E-state index in [9.17, 15) is 0 Å². The molecule has 0 radical (unpaired) electrons. The molecule has 4 heterocycles. The summed E-state index contributed by atoms with van der Waals surface area (Å²) in [6.07, 6.45) is 5.91. The first kappa shape index (κ1) is 36.0. The summed E-state index contributed by atoms with van der Waals surface area (Å²) in [6, 6.07) is 45.4. The van der Waals surface area contributed by atoms with E-state index in [4.69, 9.17) is 13.9 Å². The highest BCUT2D eigenvalue weighted by Crippen LogP contribution is 2.40. The Labute approximate surface area is 348 Å². The van der Waals surface area contributed by atoms with Gasteiger partial charge in [-0.1, -0.05) is 55.1 Å². The lowest BCUT2D eigenvalue weighted by Crippen LogP contribution is -2.28. The zero-order chi connectivity index (χ0) is 41.5. The van der Waals surface area contributed by atoms with Gasteiger partial charge in [-0.15, -0.1) is 0 Å². The fourth-order valence-electron chi connectivity index (χ4n) is 9.17. The summed E-state index contributed by atoms with van der Waals surface area (Å²) in [7, 11) is 3.23. The normalized spacial score (nSPS) is 12.0. The molecule has 0 saturated heterocycles. The van der Waals surface area contributed by atoms with Gasteiger partial charge >= 0.3 is 0 Å². The first-order valence-corrected chi connectivity index (χ1v) is 20.0. The maximum Gasteiger partial charge on any atom is 0.266 e. The molecular weight excluding hydrogens is 759 g/mol. The third-order valence-electron chi connectivity index (χ3n) is 12.0. The predicted molar refractivity (Wildman–Crippen MR) is 250 cm³/mol. The maximum absolute atomic E-state index is 15.3. The number of ether oxygens (including phenoxy) is 2. The van der Waals surface area contributed by atoms with E-state index in [1.165, 1.54) is 4.57 Å². The van der Waals surface area contributed by atoms with Crippen LogP contribution in [0.5, 0.6) is 11.5 Å². The number of furan rings is 1. The SMILES string of the molecule is C=Cc1c(/C=C\C)n(-c2ccc(OC)cc2)c2cc3c(=O)n(-c4ccc(OC)cc4)c(=O)c4cc5c(cc4c3cc12)c1ccccc1n5-c1ccc2oc3ccccc3c2c1. The highest BCUT2D eigenvalue weighted by molar-refractivity contribution is 6.20. The summed E-state index contributed by atoms with van der Waals surface area (Å²) in [6.45, 7) is 6.23. The van der Waals surface area contributed by atoms with Crippen LogP contribution >= 0.6 is 0 Å². The van der Waals surface area contributed by atoms with E-state index >= 15 is 9.59 Å². The monoisotopic (exact) mass is 795 g/mol. The molecule has 0 aliphatic rings. The number of fused-ring (bicyclic) bond motifs is 10. The molecule has 8 heteroatoms. The molecule has 11 rings (SSSR count). The molecule has 0 saturated carbocycles. The molecule has 61 heavy (non-hydrogen) atoms. The Kier molecular flexibility index (Phi) is 8.12. The van der Waals surface area contributed by atoms with E-state index < -0.39 is 11.1 Å². The van der Waals surface area contributed by atoms with Crippen LogP contribution in [0, 0.1) is 0 Å². The van der Waals surface area contributed by atoms with E-state index in [-0.39, 0.29) is 0 Å². The van der Waals surface area contributed by atoms with Crippen LogP contribution in [0.4, 0.5) is 0 Å². The molecule has 0 aliphatic carbocycles. The number of hydrogen-bond donors (Lipinski definition) is 0. The van der Waals surface area contributed by atoms with Crippen molar-refractivity contribution in [1.29, 1.82) is 0 Å². The van der Waals surface area contributed by atoms with Gasteiger partial charge in [0.25, 0.3) is 11.1 Å². The van der Waals surface area contributed by atoms with Crippen molar-refractivity contribution in [1.82, 2.24) is 13.7 Å². The van der Waals surface area contributed by atoms with E-state index in [2.05, 4.69) is 64.3 Å². The van der Waals surface area contributed by atoms with Crippen molar-refractivity contribution in [3.63, 3.8) is 0 Å². The minimum atomic E-state index is -0.437. The zero-order valence-electron chi connectivity index (χ0n) is 33.6. The zero-order valence-corrected chi connectivity index (χ0v) is 33.6. The highest BCUT2D eigenvalue weighted by atomic mass is 16.5. The quantitative estimate of drug-likeness (QED) is 0.160. The van der Waals surface area contributed by atoms with Crippen LogP contribution in [0.25, 0.3) is 105 Å². The predicted octanol–water partition coefficient (Wildman–Crippen LogP) is 12.1. The smallest absolute Gasteiger partial charge is 0.266 e. The van der Waals surface area contributed by atoms with Gasteiger partial charge in [-0.3, -0.25) is 9.59 Å². The third kappa shape index (κ3) is 5.32. The molecule has 0 amide bonds. The molecule has 294 valence electrons. The van der Waals surface area contributed by atoms with Crippen LogP contribution < -0.4 is 20.6 Å². The minimum Gasteiger partial charge on any atom is -0.497 e. The van der Waals surface area contributed by atoms with Crippen LogP contribution in [-0.4, -0.2) is 27.9 Å². The van der Waals surface area contributed by atoms with Crippen molar-refractivity contribution >= 4 is 88.3 Å². The number of benzene rings is 7. The molecule has 0 bridgehead atoms. The standard InChI is InChI=1S/C53H37N3O5/c1-5-11-46-36(6-2)41-27-39-40-28-42-37-12-7-9-14-47(37)55(33-20-25-51-43(26-33)38-13-8-10-15-50(38)61-51)49(42)30-45(40)53(58)56(32-18-23-35(60-4)24-19-32)52(57)44(39)29-48(41)54(46)31-16-21-34(59-3)22-17-31/h5-30H,2H2,1,3-4H3/b11-5-. The fourth-order valence-corrected chi connectivity index (χ4v) is 9.17. The molecule has 0 aliphatic heterocycles. The number of aromatic nitrogens is 3. The number of allylic oxidation sites excluding steroid dienone is 1. The van der Waals surface area contributed by atoms with Gasteiger partial charge in [0.15, 0.2) is 0 Å². The van der Waals surface area contributed by atoms with Gasteiger partial charge in [0.05, 0.1) is 52.9 Å². The number of methoxy groups -OCH3 is 2. The number of nitrogens with zero attached hydrogens (tertiary/aromatic N) is 3. The first-order valence-electron chi connectivity index (χ1n) is 20.0. The van der Waals surface area contributed by atoms with Crippen LogP contribution in [-0.2, 0) is 0 Å². The van der Waals surface area contributed by atoms with E-state index in [1.54, 1.807) is 38.5 Å². The average molecular weight is 796 g/mol. The summed E-state index contributed by atoms with van der Waals surface area (Å²) < 4.78 is 22.8. The molecule has 11 aromatic rings. The molecular formula is C53H37N3O5. The van der Waals surface area contributed by atoms with Gasteiger partial charge in [0, 0.05) is 43.9 Å². The van der Waals surface area contributed by atoms with Crippen molar-refractivity contribution in [2.24, 2.45) is 0 Å². The van der Waals surface area contributed by atoms with Crippen molar-refractivity contribution in [2.45, 2.75) is 6.92 Å². The Morgan fingerprint density at radius 3 is 1.69 bits per heavy atom. The minimum absolute atomic E-state index is 0.394. The van der Waals surface area contributed by atoms with Crippen LogP contribution in [0.3, 0.4) is 0 Å². The Morgan fingerprint density at radius 1 is 0.492 bits per heavy atom. The Bertz CT molecular complexity index is 3790. The molecule has 0 N–H and O–H groups in total. The first-order chi connectivity index (χ1) is 29.9. The summed E-state index contributed by atoms with van der Waals surface area (Å²) in [4.78, 5) is 30.6. The maximum atomic E-state index is 15.3. The van der Waals surface area contributed by atoms with E-state index in [1.807, 2.05) is 91.9 Å². The van der Waals surface area contributed by atoms with Crippen LogP contribution in [0.15, 0.2) is 166 Å². The Balaban J connectivity index is 1.31. The fraction of sp³-hybridized carbons (Fsp3) is 0.0566. The van der Waals surface area contributed by atoms with Gasteiger partial charge in [-0.05, 0) is 127 Å². The van der Waals surface area contributed by atoms with Gasteiger partial charge in [0.1, 0.15) is 22.7 Å². The second-order valence-electron chi connectivity index (χ2n) is 15.1. The largest absolute Gasteiger partial charge is 0.497 e. The summed E-state index contributed by atoms with van der Waals surface area (Å²) in [5.74, 6) is 1.34. The third-order valence-corrected chi connectivity index (χ3v) is 12.0. The van der Waals surface area contributed by atoms with Gasteiger partial charge in [-0.25, -0.2) is 4.57 Å². The lowest BCUT2D eigenvalue weighted by molar-refractivity contribution is 0.414. The Morgan fingerprint density at radius 2 is 1.05 bits per heavy atom. The second kappa shape index (κ2) is 13.7. The van der Waals surface area contributed by atoms with Crippen LogP contribution in [0.1, 0.15) is 18.2 Å². The number of rotatable bonds is 7. The van der Waals surface area contributed by atoms with Crippen LogP contribution in [0.2, 0.25) is 0 Å². The molecule has 4 aromatic heterocycles. The van der Waals surface area contributed by atoms with Crippen molar-refractivity contribution in [3.8, 4) is 28.6 Å². The van der Waals surface area contributed by atoms with Gasteiger partial charge < -0.3 is 23.0 Å². The van der Waals surface area contributed by atoms with Crippen molar-refractivity contribution in [2.75, 3.05) is 14.2 Å². The average Bonchev–Trinajstić information content (AvgIpc) is 3.92. The lowest BCUT2D eigenvalue weighted by atomic mass is 10.0. The summed E-state index contributed by atoms with van der Waals surface area (Å²) in [5.41, 5.74) is 7.41. The summed E-state index contributed by atoms with van der Waals surface area (Å²) in [5, 5.41) is 7.00. The van der Waals surface area contributed by atoms with Gasteiger partial charge in [0.2, 0.25) is 0 Å². The molecule has 0 atom stereocenters. The summed E-state index contributed by atoms with van der Waals surface area (Å²) >= 11 is 0. The van der Waals surface area contributed by atoms with Gasteiger partial charge in [-0.2, -0.15) is 0 Å². The molecule has 0 spiro atoms. The molecule has 0 fully saturated rings. The Hall–Kier alpha value is -8.10. The van der Waals surface area contributed by atoms with Crippen molar-refractivity contribution < 1.29 is 13.9 Å². The second-order valence-corrected chi connectivity index (χ2v) is 15.1. The molecule has 0 unspecified atom stereocenters. The highest BCUT2D eigenvalue weighted by Gasteiger charge is 2.22. The van der Waals surface area contributed by atoms with E-state index in [0.717, 1.165) is 83.0 Å². The molecule has 7 aromatic carbocycles. The molecule has 8 nitrogen and oxygen atoms in total. The van der Waals surface area contributed by atoms with E-state index in [0.29, 0.717) is 33.0 Å².